The van der Waals surface area contributed by atoms with Crippen molar-refractivity contribution in [3.05, 3.63) is 29.8 Å². The summed E-state index contributed by atoms with van der Waals surface area (Å²) >= 11 is 0. The van der Waals surface area contributed by atoms with E-state index < -0.39 is 6.61 Å². The van der Waals surface area contributed by atoms with Crippen LogP contribution in [0.3, 0.4) is 0 Å². The molecule has 0 saturated heterocycles. The van der Waals surface area contributed by atoms with Crippen molar-refractivity contribution in [3.8, 4) is 5.75 Å². The predicted octanol–water partition coefficient (Wildman–Crippen LogP) is 2.32. The summed E-state index contributed by atoms with van der Waals surface area (Å²) in [5.41, 5.74) is 6.44. The van der Waals surface area contributed by atoms with E-state index in [-0.39, 0.29) is 11.7 Å². The number of carbonyl (C=O) groups is 1. The summed E-state index contributed by atoms with van der Waals surface area (Å²) in [6.07, 6.45) is 1.90. The van der Waals surface area contributed by atoms with Gasteiger partial charge in [-0.3, -0.25) is 4.79 Å². The second-order valence-electron chi connectivity index (χ2n) is 5.00. The summed E-state index contributed by atoms with van der Waals surface area (Å²) in [6.45, 7) is 0.299. The third-order valence-corrected chi connectivity index (χ3v) is 3.15. The van der Waals surface area contributed by atoms with Crippen LogP contribution in [0.1, 0.15) is 25.3 Å². The molecule has 0 spiro atoms. The Balaban J connectivity index is 2.24. The zero-order valence-corrected chi connectivity index (χ0v) is 12.1. The molecule has 1 amide bonds. The third-order valence-electron chi connectivity index (χ3n) is 3.15. The van der Waals surface area contributed by atoms with Gasteiger partial charge in [0.15, 0.2) is 0 Å². The van der Waals surface area contributed by atoms with Crippen LogP contribution < -0.4 is 15.8 Å². The third kappa shape index (κ3) is 7.60. The molecule has 0 bridgehead atoms. The van der Waals surface area contributed by atoms with E-state index in [2.05, 4.69) is 10.1 Å². The van der Waals surface area contributed by atoms with Gasteiger partial charge in [-0.1, -0.05) is 19.1 Å². The number of halogens is 2. The minimum Gasteiger partial charge on any atom is -0.435 e. The minimum absolute atomic E-state index is 0.00736. The smallest absolute Gasteiger partial charge is 0.387 e. The molecule has 1 atom stereocenters. The molecule has 4 nitrogen and oxygen atoms in total. The molecule has 21 heavy (non-hydrogen) atoms. The highest BCUT2D eigenvalue weighted by Gasteiger charge is 2.06. The van der Waals surface area contributed by atoms with E-state index in [1.165, 1.54) is 12.1 Å². The lowest BCUT2D eigenvalue weighted by molar-refractivity contribution is -0.121. The van der Waals surface area contributed by atoms with E-state index in [0.29, 0.717) is 31.8 Å². The van der Waals surface area contributed by atoms with Crippen molar-refractivity contribution in [2.24, 2.45) is 11.7 Å². The average Bonchev–Trinajstić information content (AvgIpc) is 2.46. The number of amides is 1. The van der Waals surface area contributed by atoms with Gasteiger partial charge < -0.3 is 15.8 Å². The van der Waals surface area contributed by atoms with Gasteiger partial charge in [-0.25, -0.2) is 0 Å². The van der Waals surface area contributed by atoms with Gasteiger partial charge in [-0.2, -0.15) is 8.78 Å². The molecule has 3 N–H and O–H groups in total. The Kier molecular flexibility index (Phi) is 7.68. The summed E-state index contributed by atoms with van der Waals surface area (Å²) in [5.74, 6) is 0.486. The van der Waals surface area contributed by atoms with E-state index in [9.17, 15) is 13.6 Å². The molecule has 118 valence electrons. The Bertz CT molecular complexity index is 424. The number of rotatable bonds is 9. The van der Waals surface area contributed by atoms with E-state index >= 15 is 0 Å². The summed E-state index contributed by atoms with van der Waals surface area (Å²) < 4.78 is 28.2. The van der Waals surface area contributed by atoms with Gasteiger partial charge in [-0.15, -0.1) is 0 Å². The van der Waals surface area contributed by atoms with Crippen LogP contribution in [0.5, 0.6) is 5.75 Å². The lowest BCUT2D eigenvalue weighted by Crippen LogP contribution is -2.26. The number of alkyl halides is 2. The Hall–Kier alpha value is -1.69. The largest absolute Gasteiger partial charge is 0.435 e. The van der Waals surface area contributed by atoms with Gasteiger partial charge in [0.05, 0.1) is 0 Å². The first-order valence-corrected chi connectivity index (χ1v) is 7.01. The molecule has 0 radical (unpaired) electrons. The van der Waals surface area contributed by atoms with Gasteiger partial charge in [0.1, 0.15) is 5.75 Å². The molecule has 0 heterocycles. The number of nitrogens with one attached hydrogen (secondary N) is 1. The zero-order valence-electron chi connectivity index (χ0n) is 12.1. The number of carbonyl (C=O) groups excluding carboxylic acids is 1. The molecular weight excluding hydrogens is 278 g/mol. The summed E-state index contributed by atoms with van der Waals surface area (Å²) in [7, 11) is 0. The maximum atomic E-state index is 12.0. The Labute approximate surface area is 123 Å². The number of benzene rings is 1. The Morgan fingerprint density at radius 2 is 2.00 bits per heavy atom. The first kappa shape index (κ1) is 17.4. The first-order valence-electron chi connectivity index (χ1n) is 7.01. The normalized spacial score (nSPS) is 12.2. The molecular formula is C15H22F2N2O2. The molecule has 0 aliphatic rings. The molecule has 6 heteroatoms. The van der Waals surface area contributed by atoms with Crippen LogP contribution in [-0.2, 0) is 11.2 Å². The predicted molar refractivity (Wildman–Crippen MR) is 77.2 cm³/mol. The fourth-order valence-electron chi connectivity index (χ4n) is 1.77. The van der Waals surface area contributed by atoms with Crippen molar-refractivity contribution in [1.82, 2.24) is 5.32 Å². The molecule has 0 aromatic heterocycles. The highest BCUT2D eigenvalue weighted by Crippen LogP contribution is 2.15. The van der Waals surface area contributed by atoms with Crippen molar-refractivity contribution in [1.29, 1.82) is 0 Å². The van der Waals surface area contributed by atoms with E-state index in [0.717, 1.165) is 12.0 Å². The fraction of sp³-hybridized carbons (Fsp3) is 0.533. The quantitative estimate of drug-likeness (QED) is 0.735. The zero-order chi connectivity index (χ0) is 15.7. The number of hydrogen-bond donors (Lipinski definition) is 2. The highest BCUT2D eigenvalue weighted by atomic mass is 19.3. The van der Waals surface area contributed by atoms with Gasteiger partial charge >= 0.3 is 6.61 Å². The number of ether oxygens (including phenoxy) is 1. The SMILES string of the molecule is CC(CN)CCC(=O)NCCc1ccc(OC(F)F)cc1. The van der Waals surface area contributed by atoms with Crippen molar-refractivity contribution < 1.29 is 18.3 Å². The minimum atomic E-state index is -2.81. The van der Waals surface area contributed by atoms with Crippen LogP contribution in [-0.4, -0.2) is 25.6 Å². The van der Waals surface area contributed by atoms with Crippen LogP contribution in [0.4, 0.5) is 8.78 Å². The molecule has 1 aromatic rings. The lowest BCUT2D eigenvalue weighted by Gasteiger charge is -2.09. The maximum Gasteiger partial charge on any atom is 0.387 e. The molecule has 0 aliphatic heterocycles. The Morgan fingerprint density at radius 3 is 2.57 bits per heavy atom. The maximum absolute atomic E-state index is 12.0. The standard InChI is InChI=1S/C15H22F2N2O2/c1-11(10-18)2-7-14(20)19-9-8-12-3-5-13(6-4-12)21-15(16)17/h3-6,11,15H,2,7-10,18H2,1H3,(H,19,20). The first-order chi connectivity index (χ1) is 10.0. The van der Waals surface area contributed by atoms with E-state index in [1.807, 2.05) is 6.92 Å². The molecule has 1 unspecified atom stereocenters. The fourth-order valence-corrected chi connectivity index (χ4v) is 1.77. The molecule has 0 saturated carbocycles. The average molecular weight is 300 g/mol. The van der Waals surface area contributed by atoms with Crippen LogP contribution in [0.15, 0.2) is 24.3 Å². The molecule has 1 aromatic carbocycles. The van der Waals surface area contributed by atoms with Gasteiger partial charge in [0.2, 0.25) is 5.91 Å². The van der Waals surface area contributed by atoms with Crippen LogP contribution >= 0.6 is 0 Å². The summed E-state index contributed by atoms with van der Waals surface area (Å²) in [4.78, 5) is 11.6. The van der Waals surface area contributed by atoms with Crippen molar-refractivity contribution in [2.75, 3.05) is 13.1 Å². The lowest BCUT2D eigenvalue weighted by atomic mass is 10.1. The summed E-state index contributed by atoms with van der Waals surface area (Å²) in [5, 5.41) is 2.83. The van der Waals surface area contributed by atoms with E-state index in [1.54, 1.807) is 12.1 Å². The van der Waals surface area contributed by atoms with Crippen LogP contribution in [0, 0.1) is 5.92 Å². The van der Waals surface area contributed by atoms with Gasteiger partial charge in [0, 0.05) is 13.0 Å². The van der Waals surface area contributed by atoms with Crippen molar-refractivity contribution in [3.63, 3.8) is 0 Å². The molecule has 1 rings (SSSR count). The van der Waals surface area contributed by atoms with Crippen molar-refractivity contribution in [2.45, 2.75) is 32.8 Å². The number of hydrogen-bond acceptors (Lipinski definition) is 3. The van der Waals surface area contributed by atoms with Crippen LogP contribution in [0.25, 0.3) is 0 Å². The monoisotopic (exact) mass is 300 g/mol. The molecule has 0 fully saturated rings. The second kappa shape index (κ2) is 9.28. The Morgan fingerprint density at radius 1 is 1.33 bits per heavy atom. The van der Waals surface area contributed by atoms with Crippen molar-refractivity contribution >= 4 is 5.91 Å². The van der Waals surface area contributed by atoms with Crippen LogP contribution in [0.2, 0.25) is 0 Å². The van der Waals surface area contributed by atoms with E-state index in [4.69, 9.17) is 5.73 Å². The number of nitrogens with two attached hydrogens (primary N) is 1. The second-order valence-corrected chi connectivity index (χ2v) is 5.00. The topological polar surface area (TPSA) is 64.4 Å². The highest BCUT2D eigenvalue weighted by molar-refractivity contribution is 5.75. The molecule has 0 aliphatic carbocycles. The van der Waals surface area contributed by atoms with Gasteiger partial charge in [-0.05, 0) is 43.0 Å². The van der Waals surface area contributed by atoms with Gasteiger partial charge in [0.25, 0.3) is 0 Å². The summed E-state index contributed by atoms with van der Waals surface area (Å²) in [6, 6.07) is 6.40.